The number of aromatic nitrogens is 4. The number of carbonyl (C=O) groups excluding carboxylic acids is 1. The quantitative estimate of drug-likeness (QED) is 0.457. The highest BCUT2D eigenvalue weighted by Crippen LogP contribution is 2.27. The lowest BCUT2D eigenvalue weighted by Crippen LogP contribution is -2.48. The summed E-state index contributed by atoms with van der Waals surface area (Å²) in [5, 5.41) is 16.5. The van der Waals surface area contributed by atoms with Crippen LogP contribution in [0.1, 0.15) is 24.1 Å². The molecule has 1 fully saturated rings. The predicted octanol–water partition coefficient (Wildman–Crippen LogP) is 3.43. The molecule has 9 nitrogen and oxygen atoms in total. The molecule has 1 atom stereocenters. The smallest absolute Gasteiger partial charge is 0.240 e. The zero-order valence-corrected chi connectivity index (χ0v) is 19.1. The lowest BCUT2D eigenvalue weighted by molar-refractivity contribution is -0.118. The van der Waals surface area contributed by atoms with Crippen LogP contribution >= 0.6 is 11.6 Å². The van der Waals surface area contributed by atoms with Gasteiger partial charge in [-0.05, 0) is 36.8 Å². The van der Waals surface area contributed by atoms with Crippen LogP contribution in [-0.2, 0) is 4.79 Å². The number of pyridine rings is 1. The van der Waals surface area contributed by atoms with Gasteiger partial charge in [-0.1, -0.05) is 23.7 Å². The fraction of sp³-hybridized carbons (Fsp3) is 0.208. The van der Waals surface area contributed by atoms with Crippen LogP contribution in [0.5, 0.6) is 0 Å². The summed E-state index contributed by atoms with van der Waals surface area (Å²) in [4.78, 5) is 27.2. The topological polar surface area (TPSA) is 111 Å². The summed E-state index contributed by atoms with van der Waals surface area (Å²) < 4.78 is 1.80. The molecule has 170 valence electrons. The molecule has 0 spiro atoms. The van der Waals surface area contributed by atoms with E-state index in [0.29, 0.717) is 46.7 Å². The van der Waals surface area contributed by atoms with Crippen LogP contribution in [0, 0.1) is 11.3 Å². The molecule has 10 heteroatoms. The predicted molar refractivity (Wildman–Crippen MR) is 130 cm³/mol. The van der Waals surface area contributed by atoms with E-state index >= 15 is 0 Å². The summed E-state index contributed by atoms with van der Waals surface area (Å²) in [5.41, 5.74) is 3.94. The van der Waals surface area contributed by atoms with Crippen molar-refractivity contribution in [3.8, 4) is 17.5 Å². The number of nitriles is 1. The Labute approximate surface area is 201 Å². The fourth-order valence-electron chi connectivity index (χ4n) is 3.98. The summed E-state index contributed by atoms with van der Waals surface area (Å²) in [7, 11) is 0. The lowest BCUT2D eigenvalue weighted by atomic mass is 10.1. The summed E-state index contributed by atoms with van der Waals surface area (Å²) in [6.45, 7) is 3.79. The molecule has 1 aliphatic rings. The molecule has 1 aliphatic heterocycles. The van der Waals surface area contributed by atoms with Crippen LogP contribution in [0.25, 0.3) is 17.0 Å². The van der Waals surface area contributed by atoms with Gasteiger partial charge in [-0.2, -0.15) is 5.26 Å². The van der Waals surface area contributed by atoms with E-state index in [1.165, 1.54) is 6.20 Å². The van der Waals surface area contributed by atoms with Gasteiger partial charge in [0, 0.05) is 25.0 Å². The summed E-state index contributed by atoms with van der Waals surface area (Å²) in [5.74, 6) is 0.456. The van der Waals surface area contributed by atoms with Crippen LogP contribution in [0.4, 0.5) is 11.6 Å². The number of rotatable bonds is 5. The molecular weight excluding hydrogens is 452 g/mol. The molecule has 4 aromatic rings. The van der Waals surface area contributed by atoms with Gasteiger partial charge in [0.1, 0.15) is 11.8 Å². The number of piperazine rings is 1. The third-order valence-electron chi connectivity index (χ3n) is 5.78. The molecule has 2 N–H and O–H groups in total. The molecule has 0 radical (unpaired) electrons. The van der Waals surface area contributed by atoms with Crippen molar-refractivity contribution in [2.75, 3.05) is 29.9 Å². The van der Waals surface area contributed by atoms with Gasteiger partial charge in [0.15, 0.2) is 5.65 Å². The Bertz CT molecular complexity index is 1410. The van der Waals surface area contributed by atoms with Gasteiger partial charge in [-0.15, -0.1) is 0 Å². The Kier molecular flexibility index (Phi) is 5.84. The molecule has 4 heterocycles. The van der Waals surface area contributed by atoms with E-state index in [0.717, 1.165) is 17.8 Å². The first-order valence-corrected chi connectivity index (χ1v) is 11.2. The molecule has 0 aliphatic carbocycles. The first-order chi connectivity index (χ1) is 16.5. The van der Waals surface area contributed by atoms with Crippen LogP contribution in [0.15, 0.2) is 55.0 Å². The number of nitrogens with one attached hydrogen (secondary N) is 2. The second kappa shape index (κ2) is 9.09. The van der Waals surface area contributed by atoms with Gasteiger partial charge in [-0.3, -0.25) is 9.20 Å². The highest BCUT2D eigenvalue weighted by atomic mass is 35.5. The van der Waals surface area contributed by atoms with Crippen LogP contribution in [0.3, 0.4) is 0 Å². The highest BCUT2D eigenvalue weighted by molar-refractivity contribution is 6.33. The minimum absolute atomic E-state index is 0.0670. The van der Waals surface area contributed by atoms with E-state index in [1.54, 1.807) is 21.6 Å². The molecule has 1 aromatic carbocycles. The van der Waals surface area contributed by atoms with E-state index < -0.39 is 0 Å². The number of halogens is 1. The van der Waals surface area contributed by atoms with E-state index in [9.17, 15) is 10.1 Å². The number of hydrogen-bond donors (Lipinski definition) is 2. The maximum absolute atomic E-state index is 12.1. The van der Waals surface area contributed by atoms with Gasteiger partial charge >= 0.3 is 0 Å². The average molecular weight is 473 g/mol. The molecule has 0 bridgehead atoms. The minimum Gasteiger partial charge on any atom is -0.348 e. The zero-order chi connectivity index (χ0) is 23.7. The average Bonchev–Trinajstić information content (AvgIpc) is 3.30. The Hall–Kier alpha value is -4.00. The first kappa shape index (κ1) is 21.8. The molecular formula is C24H21ClN8O. The molecule has 1 saturated heterocycles. The number of amides is 1. The number of imidazole rings is 1. The molecule has 1 amide bonds. The van der Waals surface area contributed by atoms with E-state index in [4.69, 9.17) is 11.6 Å². The fourth-order valence-corrected chi connectivity index (χ4v) is 4.19. The standard InChI is InChI=1S/C24H21ClN8O/c1-15(16-4-6-18(7-5-16)32-10-8-27-14-21(32)34)30-24-29-12-17(11-26)22(31-24)20-13-28-23-19(25)3-2-9-33(20)23/h2-7,9,12-13,15,27H,8,10,14H2,1H3,(H,29,30,31)/t15-/m0/s1. The van der Waals surface area contributed by atoms with Crippen molar-refractivity contribution in [1.29, 1.82) is 5.26 Å². The number of benzene rings is 1. The summed E-state index contributed by atoms with van der Waals surface area (Å²) in [6.07, 6.45) is 4.97. The maximum Gasteiger partial charge on any atom is 0.240 e. The van der Waals surface area contributed by atoms with Crippen molar-refractivity contribution >= 4 is 34.8 Å². The van der Waals surface area contributed by atoms with Crippen LogP contribution in [0.2, 0.25) is 5.02 Å². The van der Waals surface area contributed by atoms with E-state index in [-0.39, 0.29) is 11.9 Å². The lowest BCUT2D eigenvalue weighted by Gasteiger charge is -2.27. The first-order valence-electron chi connectivity index (χ1n) is 10.8. The Morgan fingerprint density at radius 2 is 2.03 bits per heavy atom. The van der Waals surface area contributed by atoms with Gasteiger partial charge in [0.2, 0.25) is 11.9 Å². The monoisotopic (exact) mass is 472 g/mol. The van der Waals surface area contributed by atoms with Crippen LogP contribution in [-0.4, -0.2) is 44.9 Å². The van der Waals surface area contributed by atoms with Gasteiger partial charge in [0.25, 0.3) is 0 Å². The van der Waals surface area contributed by atoms with Crippen LogP contribution < -0.4 is 15.5 Å². The number of fused-ring (bicyclic) bond motifs is 1. The van der Waals surface area contributed by atoms with E-state index in [1.807, 2.05) is 43.5 Å². The van der Waals surface area contributed by atoms with Crippen molar-refractivity contribution in [2.24, 2.45) is 0 Å². The zero-order valence-electron chi connectivity index (χ0n) is 18.4. The van der Waals surface area contributed by atoms with Gasteiger partial charge < -0.3 is 15.5 Å². The number of nitrogens with zero attached hydrogens (tertiary/aromatic N) is 6. The molecule has 0 saturated carbocycles. The Balaban J connectivity index is 1.40. The third kappa shape index (κ3) is 4.05. The number of anilines is 2. The second-order valence-electron chi connectivity index (χ2n) is 7.94. The Morgan fingerprint density at radius 3 is 2.79 bits per heavy atom. The molecule has 34 heavy (non-hydrogen) atoms. The Morgan fingerprint density at radius 1 is 1.21 bits per heavy atom. The SMILES string of the molecule is C[C@H](Nc1ncc(C#N)c(-c2cnc3c(Cl)cccn23)n1)c1ccc(N2CCNCC2=O)cc1. The third-order valence-corrected chi connectivity index (χ3v) is 6.07. The number of hydrogen-bond acceptors (Lipinski definition) is 7. The van der Waals surface area contributed by atoms with Crippen molar-refractivity contribution in [1.82, 2.24) is 24.7 Å². The van der Waals surface area contributed by atoms with Crippen molar-refractivity contribution in [3.05, 3.63) is 71.1 Å². The van der Waals surface area contributed by atoms with Gasteiger partial charge in [-0.25, -0.2) is 15.0 Å². The highest BCUT2D eigenvalue weighted by Gasteiger charge is 2.20. The molecule has 5 rings (SSSR count). The largest absolute Gasteiger partial charge is 0.348 e. The van der Waals surface area contributed by atoms with Crippen molar-refractivity contribution < 1.29 is 4.79 Å². The van der Waals surface area contributed by atoms with E-state index in [2.05, 4.69) is 31.7 Å². The summed E-state index contributed by atoms with van der Waals surface area (Å²) >= 11 is 6.25. The normalized spacial score (nSPS) is 14.7. The van der Waals surface area contributed by atoms with Gasteiger partial charge in [0.05, 0.1) is 41.3 Å². The number of carbonyl (C=O) groups is 1. The molecule has 3 aromatic heterocycles. The maximum atomic E-state index is 12.1. The van der Waals surface area contributed by atoms with Crippen molar-refractivity contribution in [2.45, 2.75) is 13.0 Å². The molecule has 0 unspecified atom stereocenters. The minimum atomic E-state index is -0.106. The summed E-state index contributed by atoms with van der Waals surface area (Å²) in [6, 6.07) is 13.5. The second-order valence-corrected chi connectivity index (χ2v) is 8.35. The van der Waals surface area contributed by atoms with Crippen molar-refractivity contribution in [3.63, 3.8) is 0 Å².